The summed E-state index contributed by atoms with van der Waals surface area (Å²) in [4.78, 5) is 20.9. The molecule has 3 aromatic rings. The molecule has 1 N–H and O–H groups in total. The Morgan fingerprint density at radius 3 is 2.60 bits per heavy atom. The largest absolute Gasteiger partial charge is 0.441 e. The van der Waals surface area contributed by atoms with Crippen molar-refractivity contribution < 1.29 is 9.21 Å². The summed E-state index contributed by atoms with van der Waals surface area (Å²) in [5, 5.41) is 2.86. The lowest BCUT2D eigenvalue weighted by Crippen LogP contribution is -2.15. The van der Waals surface area contributed by atoms with Crippen LogP contribution in [-0.2, 0) is 17.6 Å². The number of hydrogen-bond acceptors (Lipinski definition) is 4. The lowest BCUT2D eigenvalue weighted by Gasteiger charge is -2.04. The molecular formula is C20H21N3O2. The van der Waals surface area contributed by atoms with Crippen LogP contribution in [0.5, 0.6) is 0 Å². The number of hydrogen-bond donors (Lipinski definition) is 1. The van der Waals surface area contributed by atoms with E-state index in [0.717, 1.165) is 23.4 Å². The van der Waals surface area contributed by atoms with Gasteiger partial charge in [-0.2, -0.15) is 0 Å². The van der Waals surface area contributed by atoms with Gasteiger partial charge < -0.3 is 9.73 Å². The van der Waals surface area contributed by atoms with Gasteiger partial charge in [0.05, 0.1) is 12.1 Å². The van der Waals surface area contributed by atoms with E-state index in [0.29, 0.717) is 17.3 Å². The molecule has 1 aromatic carbocycles. The number of benzene rings is 1. The number of rotatable bonds is 5. The minimum Gasteiger partial charge on any atom is -0.441 e. The highest BCUT2D eigenvalue weighted by Gasteiger charge is 2.15. The maximum atomic E-state index is 12.3. The number of amides is 1. The van der Waals surface area contributed by atoms with Gasteiger partial charge in [0.1, 0.15) is 5.76 Å². The van der Waals surface area contributed by atoms with Crippen LogP contribution in [0.1, 0.15) is 29.6 Å². The third-order valence-electron chi connectivity index (χ3n) is 4.01. The second kappa shape index (κ2) is 7.30. The zero-order chi connectivity index (χ0) is 17.8. The SMILES string of the molecule is CCc1ccc(-c2nc(CC(=O)Nc3ccnc(C)c3)c(C)o2)cc1. The van der Waals surface area contributed by atoms with E-state index in [9.17, 15) is 4.79 Å². The molecule has 25 heavy (non-hydrogen) atoms. The molecule has 2 heterocycles. The summed E-state index contributed by atoms with van der Waals surface area (Å²) in [6, 6.07) is 11.7. The Kier molecular flexibility index (Phi) is 4.93. The predicted molar refractivity (Wildman–Crippen MR) is 97.4 cm³/mol. The van der Waals surface area contributed by atoms with Gasteiger partial charge in [-0.25, -0.2) is 4.98 Å². The number of carbonyl (C=O) groups is 1. The molecule has 0 fully saturated rings. The topological polar surface area (TPSA) is 68.0 Å². The fourth-order valence-corrected chi connectivity index (χ4v) is 2.58. The molecular weight excluding hydrogens is 314 g/mol. The number of pyridine rings is 1. The number of anilines is 1. The molecule has 3 rings (SSSR count). The standard InChI is InChI=1S/C20H21N3O2/c1-4-15-5-7-16(8-6-15)20-23-18(14(3)25-20)12-19(24)22-17-9-10-21-13(2)11-17/h5-11H,4,12H2,1-3H3,(H,21,22,24). The van der Waals surface area contributed by atoms with Gasteiger partial charge in [-0.15, -0.1) is 0 Å². The molecule has 0 atom stereocenters. The highest BCUT2D eigenvalue weighted by atomic mass is 16.4. The first-order valence-corrected chi connectivity index (χ1v) is 8.33. The molecule has 2 aromatic heterocycles. The van der Waals surface area contributed by atoms with Crippen molar-refractivity contribution in [2.75, 3.05) is 5.32 Å². The van der Waals surface area contributed by atoms with Crippen molar-refractivity contribution in [3.05, 3.63) is 65.3 Å². The summed E-state index contributed by atoms with van der Waals surface area (Å²) >= 11 is 0. The van der Waals surface area contributed by atoms with Gasteiger partial charge in [-0.1, -0.05) is 19.1 Å². The molecule has 1 amide bonds. The van der Waals surface area contributed by atoms with E-state index in [1.807, 2.05) is 32.0 Å². The van der Waals surface area contributed by atoms with Crippen LogP contribution >= 0.6 is 0 Å². The van der Waals surface area contributed by atoms with Gasteiger partial charge in [0.2, 0.25) is 11.8 Å². The number of carbonyl (C=O) groups excluding carboxylic acids is 1. The van der Waals surface area contributed by atoms with Crippen LogP contribution in [0.2, 0.25) is 0 Å². The number of oxazole rings is 1. The first kappa shape index (κ1) is 16.9. The molecule has 128 valence electrons. The molecule has 0 aliphatic carbocycles. The van der Waals surface area contributed by atoms with Crippen LogP contribution < -0.4 is 5.32 Å². The van der Waals surface area contributed by atoms with Crippen molar-refractivity contribution in [2.24, 2.45) is 0 Å². The van der Waals surface area contributed by atoms with Crippen LogP contribution in [0.3, 0.4) is 0 Å². The Morgan fingerprint density at radius 2 is 1.92 bits per heavy atom. The van der Waals surface area contributed by atoms with Gasteiger partial charge >= 0.3 is 0 Å². The van der Waals surface area contributed by atoms with Gasteiger partial charge in [-0.05, 0) is 50.1 Å². The maximum Gasteiger partial charge on any atom is 0.230 e. The normalized spacial score (nSPS) is 10.7. The Balaban J connectivity index is 1.72. The first-order valence-electron chi connectivity index (χ1n) is 8.33. The van der Waals surface area contributed by atoms with Gasteiger partial charge in [0, 0.05) is 23.1 Å². The molecule has 5 nitrogen and oxygen atoms in total. The van der Waals surface area contributed by atoms with Crippen LogP contribution in [0, 0.1) is 13.8 Å². The van der Waals surface area contributed by atoms with Crippen molar-refractivity contribution >= 4 is 11.6 Å². The van der Waals surface area contributed by atoms with Crippen molar-refractivity contribution in [2.45, 2.75) is 33.6 Å². The Hall–Kier alpha value is -2.95. The number of nitrogens with zero attached hydrogens (tertiary/aromatic N) is 2. The summed E-state index contributed by atoms with van der Waals surface area (Å²) in [5.74, 6) is 1.08. The van der Waals surface area contributed by atoms with E-state index >= 15 is 0 Å². The Bertz CT molecular complexity index is 882. The first-order chi connectivity index (χ1) is 12.0. The molecule has 0 aliphatic heterocycles. The third-order valence-corrected chi connectivity index (χ3v) is 4.01. The molecule has 0 spiro atoms. The molecule has 0 saturated carbocycles. The summed E-state index contributed by atoms with van der Waals surface area (Å²) in [5.41, 5.74) is 4.41. The number of nitrogens with one attached hydrogen (secondary N) is 1. The average molecular weight is 335 g/mol. The van der Waals surface area contributed by atoms with E-state index in [-0.39, 0.29) is 12.3 Å². The highest BCUT2D eigenvalue weighted by molar-refractivity contribution is 5.92. The highest BCUT2D eigenvalue weighted by Crippen LogP contribution is 2.23. The molecule has 5 heteroatoms. The van der Waals surface area contributed by atoms with Crippen molar-refractivity contribution in [1.29, 1.82) is 0 Å². The molecule has 0 aliphatic rings. The zero-order valence-electron chi connectivity index (χ0n) is 14.7. The van der Waals surface area contributed by atoms with Crippen LogP contribution in [0.15, 0.2) is 47.0 Å². The minimum atomic E-state index is -0.130. The summed E-state index contributed by atoms with van der Waals surface area (Å²) in [6.07, 6.45) is 2.83. The van der Waals surface area contributed by atoms with Gasteiger partial charge in [0.15, 0.2) is 0 Å². The number of aromatic nitrogens is 2. The van der Waals surface area contributed by atoms with Crippen LogP contribution in [-0.4, -0.2) is 15.9 Å². The van der Waals surface area contributed by atoms with Gasteiger partial charge in [-0.3, -0.25) is 9.78 Å². The predicted octanol–water partition coefficient (Wildman–Crippen LogP) is 4.10. The molecule has 0 unspecified atom stereocenters. The lowest BCUT2D eigenvalue weighted by molar-refractivity contribution is -0.115. The summed E-state index contributed by atoms with van der Waals surface area (Å²) in [6.45, 7) is 5.83. The van der Waals surface area contributed by atoms with Crippen molar-refractivity contribution in [3.8, 4) is 11.5 Å². The zero-order valence-corrected chi connectivity index (χ0v) is 14.7. The Morgan fingerprint density at radius 1 is 1.16 bits per heavy atom. The smallest absolute Gasteiger partial charge is 0.230 e. The van der Waals surface area contributed by atoms with E-state index in [1.165, 1.54) is 5.56 Å². The second-order valence-electron chi connectivity index (χ2n) is 5.98. The van der Waals surface area contributed by atoms with Crippen LogP contribution in [0.25, 0.3) is 11.5 Å². The van der Waals surface area contributed by atoms with E-state index in [4.69, 9.17) is 4.42 Å². The quantitative estimate of drug-likeness (QED) is 0.762. The fourth-order valence-electron chi connectivity index (χ4n) is 2.58. The lowest BCUT2D eigenvalue weighted by atomic mass is 10.1. The fraction of sp³-hybridized carbons (Fsp3) is 0.250. The average Bonchev–Trinajstić information content (AvgIpc) is 2.95. The second-order valence-corrected chi connectivity index (χ2v) is 5.98. The molecule has 0 bridgehead atoms. The minimum absolute atomic E-state index is 0.130. The van der Waals surface area contributed by atoms with E-state index in [2.05, 4.69) is 34.3 Å². The van der Waals surface area contributed by atoms with Crippen molar-refractivity contribution in [3.63, 3.8) is 0 Å². The van der Waals surface area contributed by atoms with Crippen LogP contribution in [0.4, 0.5) is 5.69 Å². The molecule has 0 radical (unpaired) electrons. The summed E-state index contributed by atoms with van der Waals surface area (Å²) < 4.78 is 5.74. The number of aryl methyl sites for hydroxylation is 3. The van der Waals surface area contributed by atoms with E-state index in [1.54, 1.807) is 12.3 Å². The molecule has 0 saturated heterocycles. The third kappa shape index (κ3) is 4.12. The van der Waals surface area contributed by atoms with Gasteiger partial charge in [0.25, 0.3) is 0 Å². The maximum absolute atomic E-state index is 12.3. The van der Waals surface area contributed by atoms with E-state index < -0.39 is 0 Å². The van der Waals surface area contributed by atoms with Crippen molar-refractivity contribution in [1.82, 2.24) is 9.97 Å². The monoisotopic (exact) mass is 335 g/mol. The Labute approximate surface area is 147 Å². The summed E-state index contributed by atoms with van der Waals surface area (Å²) in [7, 11) is 0.